The summed E-state index contributed by atoms with van der Waals surface area (Å²) in [6, 6.07) is 8.10. The molecule has 2 heterocycles. The fraction of sp³-hybridized carbons (Fsp3) is 0.529. The molecule has 1 saturated heterocycles. The molecular weight excluding hydrogens is 276 g/mol. The summed E-state index contributed by atoms with van der Waals surface area (Å²) in [6.45, 7) is 5.65. The summed E-state index contributed by atoms with van der Waals surface area (Å²) < 4.78 is 0. The average molecular weight is 298 g/mol. The Balaban J connectivity index is 1.47. The molecule has 0 bridgehead atoms. The minimum atomic E-state index is 0.290. The maximum absolute atomic E-state index is 12.4. The molecule has 2 aromatic rings. The van der Waals surface area contributed by atoms with Gasteiger partial charge in [0.2, 0.25) is 11.9 Å². The average Bonchev–Trinajstić information content (AvgIpc) is 3.18. The lowest BCUT2D eigenvalue weighted by Gasteiger charge is -2.21. The Hall–Kier alpha value is -2.04. The van der Waals surface area contributed by atoms with Crippen molar-refractivity contribution in [1.29, 1.82) is 0 Å². The van der Waals surface area contributed by atoms with Crippen LogP contribution in [0.15, 0.2) is 24.3 Å². The van der Waals surface area contributed by atoms with Gasteiger partial charge in [-0.25, -0.2) is 4.98 Å². The molecule has 4 rings (SSSR count). The van der Waals surface area contributed by atoms with Gasteiger partial charge in [-0.15, -0.1) is 0 Å². The fourth-order valence-corrected chi connectivity index (χ4v) is 3.34. The molecule has 5 nitrogen and oxygen atoms in total. The van der Waals surface area contributed by atoms with Crippen LogP contribution in [0.3, 0.4) is 0 Å². The molecule has 1 amide bonds. The van der Waals surface area contributed by atoms with E-state index in [1.807, 2.05) is 24.3 Å². The Bertz CT molecular complexity index is 662. The lowest BCUT2D eigenvalue weighted by atomic mass is 10.3. The Labute approximate surface area is 130 Å². The molecule has 1 aliphatic carbocycles. The Morgan fingerprint density at radius 3 is 2.82 bits per heavy atom. The van der Waals surface area contributed by atoms with Crippen LogP contribution in [-0.4, -0.2) is 47.0 Å². The van der Waals surface area contributed by atoms with E-state index < -0.39 is 0 Å². The van der Waals surface area contributed by atoms with Crippen LogP contribution in [0.2, 0.25) is 0 Å². The van der Waals surface area contributed by atoms with E-state index in [2.05, 4.69) is 26.7 Å². The molecule has 2 atom stereocenters. The van der Waals surface area contributed by atoms with E-state index in [4.69, 9.17) is 0 Å². The van der Waals surface area contributed by atoms with Crippen molar-refractivity contribution in [2.45, 2.75) is 19.8 Å². The maximum atomic E-state index is 12.4. The normalized spacial score (nSPS) is 25.3. The molecule has 2 unspecified atom stereocenters. The topological polar surface area (TPSA) is 52.2 Å². The van der Waals surface area contributed by atoms with Gasteiger partial charge >= 0.3 is 0 Å². The number of aromatic amines is 1. The number of anilines is 1. The highest BCUT2D eigenvalue weighted by atomic mass is 16.2. The predicted molar refractivity (Wildman–Crippen MR) is 86.8 cm³/mol. The largest absolute Gasteiger partial charge is 0.341 e. The summed E-state index contributed by atoms with van der Waals surface area (Å²) >= 11 is 0. The molecule has 1 aromatic carbocycles. The summed E-state index contributed by atoms with van der Waals surface area (Å²) in [5.74, 6) is 2.16. The summed E-state index contributed by atoms with van der Waals surface area (Å²) in [6.07, 6.45) is 2.08. The SMILES string of the molecule is CC1CC1C(=O)N1CCCN(c2nc3ccccc3[nH]2)CC1. The van der Waals surface area contributed by atoms with Crippen LogP contribution in [0.1, 0.15) is 19.8 Å². The first-order chi connectivity index (χ1) is 10.7. The zero-order chi connectivity index (χ0) is 15.1. The Morgan fingerprint density at radius 1 is 1.23 bits per heavy atom. The van der Waals surface area contributed by atoms with E-state index in [1.165, 1.54) is 0 Å². The van der Waals surface area contributed by atoms with Gasteiger partial charge in [0.05, 0.1) is 11.0 Å². The number of imidazole rings is 1. The number of H-pyrrole nitrogens is 1. The second-order valence-electron chi connectivity index (χ2n) is 6.56. The van der Waals surface area contributed by atoms with Gasteiger partial charge in [0.1, 0.15) is 0 Å². The molecule has 1 N–H and O–H groups in total. The number of nitrogens with zero attached hydrogens (tertiary/aromatic N) is 3. The van der Waals surface area contributed by atoms with E-state index in [9.17, 15) is 4.79 Å². The van der Waals surface area contributed by atoms with Gasteiger partial charge in [-0.3, -0.25) is 4.79 Å². The molecule has 22 heavy (non-hydrogen) atoms. The van der Waals surface area contributed by atoms with Crippen LogP contribution in [0.4, 0.5) is 5.95 Å². The minimum Gasteiger partial charge on any atom is -0.341 e. The smallest absolute Gasteiger partial charge is 0.226 e. The van der Waals surface area contributed by atoms with Crippen LogP contribution in [0.25, 0.3) is 11.0 Å². The summed E-state index contributed by atoms with van der Waals surface area (Å²) in [5.41, 5.74) is 2.07. The summed E-state index contributed by atoms with van der Waals surface area (Å²) in [4.78, 5) is 24.8. The zero-order valence-electron chi connectivity index (χ0n) is 13.0. The molecule has 0 radical (unpaired) electrons. The van der Waals surface area contributed by atoms with Crippen molar-refractivity contribution in [2.75, 3.05) is 31.1 Å². The molecule has 1 saturated carbocycles. The minimum absolute atomic E-state index is 0.290. The number of aromatic nitrogens is 2. The van der Waals surface area contributed by atoms with E-state index in [0.29, 0.717) is 11.8 Å². The predicted octanol–water partition coefficient (Wildman–Crippen LogP) is 2.26. The molecule has 0 spiro atoms. The van der Waals surface area contributed by atoms with Crippen molar-refractivity contribution in [3.8, 4) is 0 Å². The van der Waals surface area contributed by atoms with Gasteiger partial charge in [-0.1, -0.05) is 19.1 Å². The fourth-order valence-electron chi connectivity index (χ4n) is 3.34. The Kier molecular flexibility index (Phi) is 3.28. The molecule has 1 aliphatic heterocycles. The number of fused-ring (bicyclic) bond motifs is 1. The monoisotopic (exact) mass is 298 g/mol. The Morgan fingerprint density at radius 2 is 2.05 bits per heavy atom. The van der Waals surface area contributed by atoms with Gasteiger partial charge in [0, 0.05) is 32.1 Å². The number of benzene rings is 1. The lowest BCUT2D eigenvalue weighted by Crippen LogP contribution is -2.36. The first-order valence-corrected chi connectivity index (χ1v) is 8.21. The zero-order valence-corrected chi connectivity index (χ0v) is 13.0. The maximum Gasteiger partial charge on any atom is 0.226 e. The highest BCUT2D eigenvalue weighted by Gasteiger charge is 2.41. The van der Waals surface area contributed by atoms with Crippen LogP contribution in [-0.2, 0) is 4.79 Å². The quantitative estimate of drug-likeness (QED) is 0.925. The number of hydrogen-bond donors (Lipinski definition) is 1. The highest BCUT2D eigenvalue weighted by Crippen LogP contribution is 2.39. The summed E-state index contributed by atoms with van der Waals surface area (Å²) in [7, 11) is 0. The third-order valence-electron chi connectivity index (χ3n) is 4.91. The first-order valence-electron chi connectivity index (χ1n) is 8.21. The first kappa shape index (κ1) is 13.6. The number of rotatable bonds is 2. The van der Waals surface area contributed by atoms with Crippen molar-refractivity contribution >= 4 is 22.9 Å². The van der Waals surface area contributed by atoms with E-state index in [1.54, 1.807) is 0 Å². The van der Waals surface area contributed by atoms with E-state index in [-0.39, 0.29) is 5.92 Å². The molecule has 2 fully saturated rings. The number of nitrogens with one attached hydrogen (secondary N) is 1. The number of carbonyl (C=O) groups is 1. The van der Waals surface area contributed by atoms with Crippen molar-refractivity contribution in [1.82, 2.24) is 14.9 Å². The van der Waals surface area contributed by atoms with Crippen molar-refractivity contribution < 1.29 is 4.79 Å². The van der Waals surface area contributed by atoms with Gasteiger partial charge in [-0.2, -0.15) is 0 Å². The standard InChI is InChI=1S/C17H22N4O/c1-12-11-13(12)16(22)20-7-4-8-21(10-9-20)17-18-14-5-2-3-6-15(14)19-17/h2-3,5-6,12-13H,4,7-11H2,1H3,(H,18,19). The third-order valence-corrected chi connectivity index (χ3v) is 4.91. The van der Waals surface area contributed by atoms with Crippen LogP contribution >= 0.6 is 0 Å². The number of amides is 1. The van der Waals surface area contributed by atoms with E-state index in [0.717, 1.165) is 56.0 Å². The van der Waals surface area contributed by atoms with E-state index >= 15 is 0 Å². The number of hydrogen-bond acceptors (Lipinski definition) is 3. The highest BCUT2D eigenvalue weighted by molar-refractivity contribution is 5.81. The molecule has 2 aliphatic rings. The van der Waals surface area contributed by atoms with Crippen molar-refractivity contribution in [3.63, 3.8) is 0 Å². The molecule has 1 aromatic heterocycles. The lowest BCUT2D eigenvalue weighted by molar-refractivity contribution is -0.132. The van der Waals surface area contributed by atoms with Gasteiger partial charge in [-0.05, 0) is 30.9 Å². The summed E-state index contributed by atoms with van der Waals surface area (Å²) in [5, 5.41) is 0. The van der Waals surface area contributed by atoms with Crippen LogP contribution < -0.4 is 4.90 Å². The van der Waals surface area contributed by atoms with Gasteiger partial charge in [0.25, 0.3) is 0 Å². The molecular formula is C17H22N4O. The third kappa shape index (κ3) is 2.45. The number of carbonyl (C=O) groups excluding carboxylic acids is 1. The second-order valence-corrected chi connectivity index (χ2v) is 6.56. The molecule has 5 heteroatoms. The van der Waals surface area contributed by atoms with Crippen molar-refractivity contribution in [2.24, 2.45) is 11.8 Å². The van der Waals surface area contributed by atoms with Crippen molar-refractivity contribution in [3.05, 3.63) is 24.3 Å². The second kappa shape index (κ2) is 5.30. The number of para-hydroxylation sites is 2. The molecule has 116 valence electrons. The van der Waals surface area contributed by atoms with Gasteiger partial charge in [0.15, 0.2) is 0 Å². The van der Waals surface area contributed by atoms with Gasteiger partial charge < -0.3 is 14.8 Å². The van der Waals surface area contributed by atoms with Crippen LogP contribution in [0.5, 0.6) is 0 Å². The van der Waals surface area contributed by atoms with Crippen LogP contribution in [0, 0.1) is 11.8 Å².